The highest BCUT2D eigenvalue weighted by Gasteiger charge is 2.24. The topological polar surface area (TPSA) is 13.7 Å². The second-order valence-electron chi connectivity index (χ2n) is 5.53. The van der Waals surface area contributed by atoms with E-state index in [4.69, 9.17) is 4.74 Å². The number of quaternary nitrogens is 1. The van der Waals surface area contributed by atoms with Crippen molar-refractivity contribution in [1.82, 2.24) is 0 Å². The third-order valence-corrected chi connectivity index (χ3v) is 4.65. The minimum absolute atomic E-state index is 0.428. The molecule has 106 valence electrons. The van der Waals surface area contributed by atoms with Crippen LogP contribution in [0, 0.1) is 0 Å². The summed E-state index contributed by atoms with van der Waals surface area (Å²) >= 11 is 1.97. The molecule has 1 aliphatic rings. The van der Waals surface area contributed by atoms with E-state index in [0.29, 0.717) is 12.2 Å². The van der Waals surface area contributed by atoms with E-state index in [2.05, 4.69) is 44.2 Å². The van der Waals surface area contributed by atoms with E-state index in [-0.39, 0.29) is 0 Å². The first-order valence-corrected chi connectivity index (χ1v) is 8.39. The molecule has 0 amide bonds. The quantitative estimate of drug-likeness (QED) is 0.634. The van der Waals surface area contributed by atoms with Crippen LogP contribution in [0.3, 0.4) is 0 Å². The highest BCUT2D eigenvalue weighted by atomic mass is 32.2. The lowest BCUT2D eigenvalue weighted by Crippen LogP contribution is -3.15. The molecule has 1 unspecified atom stereocenters. The van der Waals surface area contributed by atoms with Gasteiger partial charge in [0.05, 0.1) is 6.54 Å². The molecule has 2 rings (SSSR count). The minimum Gasteiger partial charge on any atom is -0.364 e. The number of benzene rings is 1. The van der Waals surface area contributed by atoms with Crippen LogP contribution in [0.15, 0.2) is 35.2 Å². The Balaban J connectivity index is 1.57. The van der Waals surface area contributed by atoms with Gasteiger partial charge in [0, 0.05) is 4.90 Å². The molecule has 0 saturated carbocycles. The van der Waals surface area contributed by atoms with Gasteiger partial charge in [-0.2, -0.15) is 0 Å². The van der Waals surface area contributed by atoms with E-state index in [1.165, 1.54) is 43.1 Å². The summed E-state index contributed by atoms with van der Waals surface area (Å²) < 4.78 is 5.78. The largest absolute Gasteiger partial charge is 0.364 e. The molecule has 0 spiro atoms. The zero-order chi connectivity index (χ0) is 13.5. The fourth-order valence-electron chi connectivity index (χ4n) is 2.78. The third-order valence-electron chi connectivity index (χ3n) is 3.55. The van der Waals surface area contributed by atoms with Gasteiger partial charge in [-0.3, -0.25) is 0 Å². The molecule has 3 atom stereocenters. The van der Waals surface area contributed by atoms with Gasteiger partial charge in [0.1, 0.15) is 25.3 Å². The molecule has 2 nitrogen and oxygen atoms in total. The maximum atomic E-state index is 5.78. The monoisotopic (exact) mass is 280 g/mol. The van der Waals surface area contributed by atoms with E-state index in [9.17, 15) is 0 Å². The second-order valence-corrected chi connectivity index (χ2v) is 6.70. The van der Waals surface area contributed by atoms with Gasteiger partial charge in [0.15, 0.2) is 0 Å². The van der Waals surface area contributed by atoms with Crippen LogP contribution in [0.25, 0.3) is 0 Å². The van der Waals surface area contributed by atoms with Crippen LogP contribution in [0.4, 0.5) is 0 Å². The van der Waals surface area contributed by atoms with Gasteiger partial charge < -0.3 is 9.64 Å². The summed E-state index contributed by atoms with van der Waals surface area (Å²) in [4.78, 5) is 3.11. The van der Waals surface area contributed by atoms with Gasteiger partial charge in [-0.05, 0) is 44.6 Å². The highest BCUT2D eigenvalue weighted by molar-refractivity contribution is 7.99. The van der Waals surface area contributed by atoms with Crippen molar-refractivity contribution in [3.05, 3.63) is 30.3 Å². The Kier molecular flexibility index (Phi) is 6.21. The molecule has 1 fully saturated rings. The molecular formula is C16H26NOS+. The van der Waals surface area contributed by atoms with Crippen LogP contribution in [-0.2, 0) is 4.74 Å². The van der Waals surface area contributed by atoms with Crippen molar-refractivity contribution in [3.63, 3.8) is 0 Å². The van der Waals surface area contributed by atoms with E-state index in [0.717, 1.165) is 0 Å². The second kappa shape index (κ2) is 7.93. The normalized spacial score (nSPS) is 27.4. The summed E-state index contributed by atoms with van der Waals surface area (Å²) in [6.07, 6.45) is 3.50. The number of ether oxygens (including phenoxy) is 1. The Bertz CT molecular complexity index is 347. The van der Waals surface area contributed by atoms with Gasteiger partial charge in [-0.15, -0.1) is 11.8 Å². The fraction of sp³-hybridized carbons (Fsp3) is 0.625. The summed E-state index contributed by atoms with van der Waals surface area (Å²) in [6.45, 7) is 8.04. The Morgan fingerprint density at radius 1 is 1.11 bits per heavy atom. The molecule has 0 aliphatic carbocycles. The summed E-state index contributed by atoms with van der Waals surface area (Å²) in [5.74, 6) is 1.24. The molecule has 1 heterocycles. The Hall–Kier alpha value is -0.510. The Morgan fingerprint density at radius 2 is 1.79 bits per heavy atom. The Labute approximate surface area is 121 Å². The van der Waals surface area contributed by atoms with E-state index >= 15 is 0 Å². The van der Waals surface area contributed by atoms with Crippen molar-refractivity contribution >= 4 is 11.8 Å². The van der Waals surface area contributed by atoms with Gasteiger partial charge in [-0.25, -0.2) is 0 Å². The van der Waals surface area contributed by atoms with E-state index in [1.807, 2.05) is 11.8 Å². The highest BCUT2D eigenvalue weighted by Crippen LogP contribution is 2.17. The fourth-order valence-corrected chi connectivity index (χ4v) is 3.71. The molecule has 0 radical (unpaired) electrons. The minimum atomic E-state index is 0.428. The van der Waals surface area contributed by atoms with Crippen LogP contribution >= 0.6 is 11.8 Å². The smallest absolute Gasteiger partial charge is 0.104 e. The van der Waals surface area contributed by atoms with Crippen molar-refractivity contribution in [2.24, 2.45) is 0 Å². The molecule has 1 aliphatic heterocycles. The van der Waals surface area contributed by atoms with E-state index in [1.54, 1.807) is 4.90 Å². The van der Waals surface area contributed by atoms with Gasteiger partial charge in [0.2, 0.25) is 0 Å². The number of morpholine rings is 1. The summed E-state index contributed by atoms with van der Waals surface area (Å²) in [5.41, 5.74) is 0. The standard InChI is InChI=1S/C16H25NOS/c1-14-12-17(13-15(2)18-14)10-6-7-11-19-16-8-4-3-5-9-16/h3-5,8-9,14-15H,6-7,10-13H2,1-2H3/p+1/t14-,15+. The average molecular weight is 280 g/mol. The van der Waals surface area contributed by atoms with Crippen LogP contribution in [0.5, 0.6) is 0 Å². The lowest BCUT2D eigenvalue weighted by Gasteiger charge is -2.32. The molecule has 3 heteroatoms. The zero-order valence-corrected chi connectivity index (χ0v) is 12.9. The number of rotatable bonds is 6. The molecule has 0 bridgehead atoms. The van der Waals surface area contributed by atoms with Crippen LogP contribution in [-0.4, -0.2) is 37.6 Å². The molecule has 1 aromatic rings. The van der Waals surface area contributed by atoms with Crippen LogP contribution < -0.4 is 4.90 Å². The van der Waals surface area contributed by atoms with Crippen molar-refractivity contribution in [3.8, 4) is 0 Å². The van der Waals surface area contributed by atoms with Crippen molar-refractivity contribution in [2.45, 2.75) is 43.8 Å². The number of hydrogen-bond acceptors (Lipinski definition) is 2. The predicted octanol–water partition coefficient (Wildman–Crippen LogP) is 2.25. The van der Waals surface area contributed by atoms with Gasteiger partial charge in [-0.1, -0.05) is 18.2 Å². The molecule has 0 aromatic heterocycles. The maximum absolute atomic E-state index is 5.78. The molecule has 1 saturated heterocycles. The van der Waals surface area contributed by atoms with Gasteiger partial charge in [0.25, 0.3) is 0 Å². The molecule has 19 heavy (non-hydrogen) atoms. The first kappa shape index (κ1) is 14.9. The predicted molar refractivity (Wildman–Crippen MR) is 82.0 cm³/mol. The van der Waals surface area contributed by atoms with Crippen LogP contribution in [0.1, 0.15) is 26.7 Å². The number of thioether (sulfide) groups is 1. The van der Waals surface area contributed by atoms with Crippen molar-refractivity contribution in [2.75, 3.05) is 25.4 Å². The number of nitrogens with one attached hydrogen (secondary N) is 1. The number of unbranched alkanes of at least 4 members (excludes halogenated alkanes) is 1. The summed E-state index contributed by atoms with van der Waals surface area (Å²) in [7, 11) is 0. The lowest BCUT2D eigenvalue weighted by atomic mass is 10.2. The molecular weight excluding hydrogens is 254 g/mol. The first-order chi connectivity index (χ1) is 9.24. The lowest BCUT2D eigenvalue weighted by molar-refractivity contribution is -0.915. The average Bonchev–Trinajstić information content (AvgIpc) is 2.38. The molecule has 1 N–H and O–H groups in total. The SMILES string of the molecule is C[C@@H]1C[NH+](CCCCSc2ccccc2)C[C@H](C)O1. The van der Waals surface area contributed by atoms with E-state index < -0.39 is 0 Å². The maximum Gasteiger partial charge on any atom is 0.104 e. The summed E-state index contributed by atoms with van der Waals surface area (Å²) in [5, 5.41) is 0. The number of hydrogen-bond donors (Lipinski definition) is 1. The van der Waals surface area contributed by atoms with Crippen LogP contribution in [0.2, 0.25) is 0 Å². The first-order valence-electron chi connectivity index (χ1n) is 7.41. The van der Waals surface area contributed by atoms with Gasteiger partial charge >= 0.3 is 0 Å². The van der Waals surface area contributed by atoms with Crippen molar-refractivity contribution in [1.29, 1.82) is 0 Å². The third kappa shape index (κ3) is 5.55. The van der Waals surface area contributed by atoms with Crippen molar-refractivity contribution < 1.29 is 9.64 Å². The Morgan fingerprint density at radius 3 is 2.47 bits per heavy atom. The molecule has 1 aromatic carbocycles. The summed E-state index contributed by atoms with van der Waals surface area (Å²) in [6, 6.07) is 10.7. The zero-order valence-electron chi connectivity index (χ0n) is 12.1.